The van der Waals surface area contributed by atoms with Crippen LogP contribution in [0.15, 0.2) is 30.3 Å². The fraction of sp³-hybridized carbons (Fsp3) is 0.333. The van der Waals surface area contributed by atoms with Gasteiger partial charge in [-0.2, -0.15) is 0 Å². The first kappa shape index (κ1) is 15.6. The predicted molar refractivity (Wildman–Crippen MR) is 83.2 cm³/mol. The molecular formula is C18H21F2N. The maximum absolute atomic E-state index is 13.6. The highest BCUT2D eigenvalue weighted by Gasteiger charge is 2.13. The molecule has 0 unspecified atom stereocenters. The van der Waals surface area contributed by atoms with E-state index in [9.17, 15) is 8.78 Å². The minimum absolute atomic E-state index is 0.238. The van der Waals surface area contributed by atoms with E-state index >= 15 is 0 Å². The van der Waals surface area contributed by atoms with Crippen LogP contribution in [-0.2, 0) is 6.54 Å². The van der Waals surface area contributed by atoms with E-state index in [1.54, 1.807) is 12.1 Å². The molecule has 0 radical (unpaired) electrons. The van der Waals surface area contributed by atoms with Gasteiger partial charge in [0.1, 0.15) is 11.6 Å². The predicted octanol–water partition coefficient (Wildman–Crippen LogP) is 4.75. The molecule has 0 heterocycles. The summed E-state index contributed by atoms with van der Waals surface area (Å²) in [6, 6.07) is 8.14. The summed E-state index contributed by atoms with van der Waals surface area (Å²) in [5.41, 5.74) is 4.56. The van der Waals surface area contributed by atoms with E-state index in [1.165, 1.54) is 18.2 Å². The van der Waals surface area contributed by atoms with Crippen molar-refractivity contribution in [2.45, 2.75) is 40.3 Å². The number of hydrogen-bond acceptors (Lipinski definition) is 1. The van der Waals surface area contributed by atoms with E-state index in [-0.39, 0.29) is 11.6 Å². The zero-order valence-corrected chi connectivity index (χ0v) is 12.9. The molecular weight excluding hydrogens is 268 g/mol. The first-order chi connectivity index (χ1) is 9.88. The van der Waals surface area contributed by atoms with Crippen molar-refractivity contribution in [1.82, 2.24) is 5.32 Å². The van der Waals surface area contributed by atoms with Crippen molar-refractivity contribution in [3.05, 3.63) is 58.7 Å². The molecule has 3 heteroatoms. The first-order valence-corrected chi connectivity index (χ1v) is 7.17. The van der Waals surface area contributed by atoms with Gasteiger partial charge in [-0.25, -0.2) is 8.78 Å². The molecule has 0 amide bonds. The van der Waals surface area contributed by atoms with Crippen molar-refractivity contribution in [2.75, 3.05) is 0 Å². The Kier molecular flexibility index (Phi) is 4.73. The monoisotopic (exact) mass is 289 g/mol. The van der Waals surface area contributed by atoms with Crippen molar-refractivity contribution < 1.29 is 8.78 Å². The molecule has 0 bridgehead atoms. The first-order valence-electron chi connectivity index (χ1n) is 7.17. The van der Waals surface area contributed by atoms with Gasteiger partial charge in [0.25, 0.3) is 0 Å². The lowest BCUT2D eigenvalue weighted by Gasteiger charge is -2.17. The summed E-state index contributed by atoms with van der Waals surface area (Å²) < 4.78 is 27.0. The fourth-order valence-corrected chi connectivity index (χ4v) is 2.60. The van der Waals surface area contributed by atoms with Gasteiger partial charge in [0, 0.05) is 12.6 Å². The fourth-order valence-electron chi connectivity index (χ4n) is 2.60. The molecule has 0 aliphatic heterocycles. The van der Waals surface area contributed by atoms with Crippen molar-refractivity contribution in [3.63, 3.8) is 0 Å². The van der Waals surface area contributed by atoms with Crippen LogP contribution in [0.1, 0.15) is 30.5 Å². The van der Waals surface area contributed by atoms with Gasteiger partial charge in [-0.15, -0.1) is 0 Å². The third-order valence-electron chi connectivity index (χ3n) is 3.53. The van der Waals surface area contributed by atoms with E-state index < -0.39 is 0 Å². The Morgan fingerprint density at radius 3 is 2.14 bits per heavy atom. The lowest BCUT2D eigenvalue weighted by molar-refractivity contribution is 0.582. The van der Waals surface area contributed by atoms with Gasteiger partial charge >= 0.3 is 0 Å². The molecule has 1 N–H and O–H groups in total. The Morgan fingerprint density at radius 1 is 0.952 bits per heavy atom. The molecule has 0 atom stereocenters. The van der Waals surface area contributed by atoms with Crippen molar-refractivity contribution >= 4 is 0 Å². The summed E-state index contributed by atoms with van der Waals surface area (Å²) in [7, 11) is 0. The number of nitrogens with one attached hydrogen (secondary N) is 1. The molecule has 2 aromatic carbocycles. The normalized spacial score (nSPS) is 11.2. The highest BCUT2D eigenvalue weighted by molar-refractivity contribution is 5.73. The van der Waals surface area contributed by atoms with Crippen LogP contribution in [0.3, 0.4) is 0 Å². The van der Waals surface area contributed by atoms with E-state index in [1.807, 2.05) is 27.7 Å². The summed E-state index contributed by atoms with van der Waals surface area (Å²) in [5, 5.41) is 3.31. The largest absolute Gasteiger partial charge is 0.310 e. The van der Waals surface area contributed by atoms with E-state index in [0.29, 0.717) is 12.6 Å². The molecule has 2 rings (SSSR count). The molecule has 0 aromatic heterocycles. The maximum atomic E-state index is 13.6. The molecule has 0 aliphatic carbocycles. The van der Waals surface area contributed by atoms with Crippen molar-refractivity contribution in [3.8, 4) is 11.1 Å². The van der Waals surface area contributed by atoms with Gasteiger partial charge in [0.05, 0.1) is 0 Å². The van der Waals surface area contributed by atoms with E-state index in [4.69, 9.17) is 0 Å². The third kappa shape index (κ3) is 3.67. The number of hydrogen-bond donors (Lipinski definition) is 1. The summed E-state index contributed by atoms with van der Waals surface area (Å²) >= 11 is 0. The average Bonchev–Trinajstić information content (AvgIpc) is 2.37. The number of benzene rings is 2. The smallest absolute Gasteiger partial charge is 0.123 e. The average molecular weight is 289 g/mol. The Labute approximate surface area is 125 Å². The molecule has 0 saturated carbocycles. The van der Waals surface area contributed by atoms with Crippen LogP contribution in [0.5, 0.6) is 0 Å². The molecule has 0 fully saturated rings. The highest BCUT2D eigenvalue weighted by atomic mass is 19.1. The molecule has 0 saturated heterocycles. The maximum Gasteiger partial charge on any atom is 0.123 e. The molecule has 1 nitrogen and oxygen atoms in total. The molecule has 2 aromatic rings. The highest BCUT2D eigenvalue weighted by Crippen LogP contribution is 2.31. The number of halogens is 2. The van der Waals surface area contributed by atoms with Crippen LogP contribution >= 0.6 is 0 Å². The van der Waals surface area contributed by atoms with Gasteiger partial charge < -0.3 is 5.32 Å². The Morgan fingerprint density at radius 2 is 1.57 bits per heavy atom. The van der Waals surface area contributed by atoms with Crippen LogP contribution < -0.4 is 5.32 Å². The van der Waals surface area contributed by atoms with Crippen LogP contribution in [0, 0.1) is 25.5 Å². The minimum Gasteiger partial charge on any atom is -0.310 e. The van der Waals surface area contributed by atoms with Crippen molar-refractivity contribution in [1.29, 1.82) is 0 Å². The van der Waals surface area contributed by atoms with Gasteiger partial charge in [-0.3, -0.25) is 0 Å². The second kappa shape index (κ2) is 6.35. The summed E-state index contributed by atoms with van der Waals surface area (Å²) in [6.45, 7) is 8.45. The molecule has 0 aliphatic rings. The second-order valence-corrected chi connectivity index (χ2v) is 5.75. The summed E-state index contributed by atoms with van der Waals surface area (Å²) in [5.74, 6) is -0.491. The Hall–Kier alpha value is -1.74. The molecule has 112 valence electrons. The van der Waals surface area contributed by atoms with Crippen LogP contribution in [0.4, 0.5) is 8.78 Å². The Bertz CT molecular complexity index is 625. The lowest BCUT2D eigenvalue weighted by atomic mass is 9.92. The van der Waals surface area contributed by atoms with Gasteiger partial charge in [0.2, 0.25) is 0 Å². The minimum atomic E-state index is -0.253. The quantitative estimate of drug-likeness (QED) is 0.856. The summed E-state index contributed by atoms with van der Waals surface area (Å²) in [4.78, 5) is 0. The number of rotatable bonds is 4. The van der Waals surface area contributed by atoms with Gasteiger partial charge in [0.15, 0.2) is 0 Å². The zero-order chi connectivity index (χ0) is 15.6. The van der Waals surface area contributed by atoms with Gasteiger partial charge in [-0.05, 0) is 65.9 Å². The lowest BCUT2D eigenvalue weighted by Crippen LogP contribution is -2.22. The van der Waals surface area contributed by atoms with Crippen molar-refractivity contribution in [2.24, 2.45) is 0 Å². The standard InChI is InChI=1S/C18H21F2N/c1-11(2)21-10-14-9-15(19)5-6-17(14)18-12(3)7-16(20)8-13(18)4/h5-9,11,21H,10H2,1-4H3. The van der Waals surface area contributed by atoms with Crippen LogP contribution in [0.2, 0.25) is 0 Å². The SMILES string of the molecule is Cc1cc(F)cc(C)c1-c1ccc(F)cc1CNC(C)C. The summed E-state index contributed by atoms with van der Waals surface area (Å²) in [6.07, 6.45) is 0. The van der Waals surface area contributed by atoms with Crippen LogP contribution in [0.25, 0.3) is 11.1 Å². The third-order valence-corrected chi connectivity index (χ3v) is 3.53. The number of aryl methyl sites for hydroxylation is 2. The topological polar surface area (TPSA) is 12.0 Å². The zero-order valence-electron chi connectivity index (χ0n) is 12.9. The second-order valence-electron chi connectivity index (χ2n) is 5.75. The molecule has 21 heavy (non-hydrogen) atoms. The Balaban J connectivity index is 2.53. The van der Waals surface area contributed by atoms with E-state index in [2.05, 4.69) is 5.32 Å². The van der Waals surface area contributed by atoms with Crippen LogP contribution in [-0.4, -0.2) is 6.04 Å². The molecule has 0 spiro atoms. The van der Waals surface area contributed by atoms with Gasteiger partial charge in [-0.1, -0.05) is 19.9 Å². The van der Waals surface area contributed by atoms with E-state index in [0.717, 1.165) is 27.8 Å².